The van der Waals surface area contributed by atoms with Crippen molar-refractivity contribution in [3.05, 3.63) is 34.6 Å². The molecule has 1 heterocycles. The number of benzene rings is 1. The van der Waals surface area contributed by atoms with E-state index in [0.717, 1.165) is 12.8 Å². The Bertz CT molecular complexity index is 772. The second kappa shape index (κ2) is 8.33. The lowest BCUT2D eigenvalue weighted by Gasteiger charge is -2.20. The Morgan fingerprint density at radius 3 is 2.67 bits per heavy atom. The van der Waals surface area contributed by atoms with E-state index in [1.54, 1.807) is 10.6 Å². The number of nitrogens with zero attached hydrogens (tertiary/aromatic N) is 2. The number of hydrogen-bond donors (Lipinski definition) is 1. The zero-order valence-electron chi connectivity index (χ0n) is 14.7. The summed E-state index contributed by atoms with van der Waals surface area (Å²) < 4.78 is 1.72. The maximum Gasteiger partial charge on any atom is 0.262 e. The van der Waals surface area contributed by atoms with Crippen LogP contribution in [0.4, 0.5) is 0 Å². The van der Waals surface area contributed by atoms with E-state index in [-0.39, 0.29) is 22.8 Å². The largest absolute Gasteiger partial charge is 0.355 e. The van der Waals surface area contributed by atoms with Crippen molar-refractivity contribution in [1.29, 1.82) is 0 Å². The first kappa shape index (κ1) is 18.5. The highest BCUT2D eigenvalue weighted by Gasteiger charge is 2.20. The molecule has 0 spiro atoms. The molecule has 1 aromatic carbocycles. The van der Waals surface area contributed by atoms with Gasteiger partial charge in [-0.15, -0.1) is 0 Å². The summed E-state index contributed by atoms with van der Waals surface area (Å²) in [7, 11) is 0. The summed E-state index contributed by atoms with van der Waals surface area (Å²) in [6, 6.07) is 7.38. The fourth-order valence-electron chi connectivity index (χ4n) is 2.38. The van der Waals surface area contributed by atoms with Crippen LogP contribution in [0.1, 0.15) is 46.6 Å². The monoisotopic (exact) mass is 347 g/mol. The third-order valence-electron chi connectivity index (χ3n) is 4.01. The van der Waals surface area contributed by atoms with E-state index in [2.05, 4.69) is 10.3 Å². The average Bonchev–Trinajstić information content (AvgIpc) is 2.59. The van der Waals surface area contributed by atoms with Gasteiger partial charge in [-0.3, -0.25) is 14.2 Å². The molecule has 0 fully saturated rings. The van der Waals surface area contributed by atoms with Crippen LogP contribution in [0, 0.1) is 0 Å². The highest BCUT2D eigenvalue weighted by Crippen LogP contribution is 2.25. The SMILES string of the molecule is CCCNC(=O)[C@H](C)Sc1nc2ccccc2c(=O)n1[C@@H](C)CC. The molecule has 0 saturated heterocycles. The van der Waals surface area contributed by atoms with E-state index in [1.807, 2.05) is 45.9 Å². The van der Waals surface area contributed by atoms with Gasteiger partial charge in [-0.2, -0.15) is 0 Å². The first-order valence-electron chi connectivity index (χ1n) is 8.45. The van der Waals surface area contributed by atoms with Crippen molar-refractivity contribution in [1.82, 2.24) is 14.9 Å². The Hall–Kier alpha value is -1.82. The predicted molar refractivity (Wildman–Crippen MR) is 99.6 cm³/mol. The summed E-state index contributed by atoms with van der Waals surface area (Å²) in [5.41, 5.74) is 0.629. The standard InChI is InChI=1S/C18H25N3O2S/c1-5-11-19-16(22)13(4)24-18-20-15-10-8-7-9-14(15)17(23)21(18)12(3)6-2/h7-10,12-13H,5-6,11H2,1-4H3,(H,19,22)/t12-,13-/m0/s1. The third-order valence-corrected chi connectivity index (χ3v) is 5.07. The van der Waals surface area contributed by atoms with Crippen molar-refractivity contribution in [2.75, 3.05) is 6.54 Å². The van der Waals surface area contributed by atoms with E-state index < -0.39 is 0 Å². The molecule has 0 unspecified atom stereocenters. The van der Waals surface area contributed by atoms with Gasteiger partial charge in [0.05, 0.1) is 16.2 Å². The number of para-hydroxylation sites is 1. The van der Waals surface area contributed by atoms with Gasteiger partial charge >= 0.3 is 0 Å². The fourth-order valence-corrected chi connectivity index (χ4v) is 3.42. The van der Waals surface area contributed by atoms with Crippen LogP contribution in [-0.4, -0.2) is 27.3 Å². The molecule has 0 radical (unpaired) electrons. The lowest BCUT2D eigenvalue weighted by atomic mass is 10.2. The van der Waals surface area contributed by atoms with Crippen LogP contribution >= 0.6 is 11.8 Å². The van der Waals surface area contributed by atoms with Gasteiger partial charge in [-0.1, -0.05) is 37.7 Å². The van der Waals surface area contributed by atoms with Gasteiger partial charge in [-0.05, 0) is 38.8 Å². The van der Waals surface area contributed by atoms with Crippen LogP contribution in [0.3, 0.4) is 0 Å². The Morgan fingerprint density at radius 2 is 2.00 bits per heavy atom. The molecule has 0 bridgehead atoms. The smallest absolute Gasteiger partial charge is 0.262 e. The van der Waals surface area contributed by atoms with Gasteiger partial charge < -0.3 is 5.32 Å². The Labute approximate surface area is 146 Å². The summed E-state index contributed by atoms with van der Waals surface area (Å²) in [5, 5.41) is 3.81. The van der Waals surface area contributed by atoms with Crippen molar-refractivity contribution >= 4 is 28.6 Å². The van der Waals surface area contributed by atoms with Gasteiger partial charge in [-0.25, -0.2) is 4.98 Å². The third kappa shape index (κ3) is 3.98. The zero-order chi connectivity index (χ0) is 17.7. The number of carbonyl (C=O) groups excluding carboxylic acids is 1. The minimum Gasteiger partial charge on any atom is -0.355 e. The molecule has 0 aliphatic rings. The first-order chi connectivity index (χ1) is 11.5. The maximum absolute atomic E-state index is 12.9. The molecule has 6 heteroatoms. The maximum atomic E-state index is 12.9. The van der Waals surface area contributed by atoms with Crippen LogP contribution in [0.25, 0.3) is 10.9 Å². The van der Waals surface area contributed by atoms with Gasteiger partial charge in [0.1, 0.15) is 0 Å². The summed E-state index contributed by atoms with van der Waals surface area (Å²) in [5.74, 6) is -0.0278. The number of amides is 1. The van der Waals surface area contributed by atoms with E-state index in [4.69, 9.17) is 0 Å². The summed E-state index contributed by atoms with van der Waals surface area (Å²) in [6.07, 6.45) is 1.72. The second-order valence-electron chi connectivity index (χ2n) is 5.90. The summed E-state index contributed by atoms with van der Waals surface area (Å²) in [4.78, 5) is 29.7. The van der Waals surface area contributed by atoms with E-state index in [1.165, 1.54) is 11.8 Å². The second-order valence-corrected chi connectivity index (χ2v) is 7.20. The van der Waals surface area contributed by atoms with Crippen molar-refractivity contribution in [2.45, 2.75) is 57.0 Å². The number of thioether (sulfide) groups is 1. The van der Waals surface area contributed by atoms with Crippen molar-refractivity contribution in [2.24, 2.45) is 0 Å². The Morgan fingerprint density at radius 1 is 1.29 bits per heavy atom. The molecule has 0 saturated carbocycles. The summed E-state index contributed by atoms with van der Waals surface area (Å²) in [6.45, 7) is 8.57. The molecule has 2 atom stereocenters. The molecule has 0 aliphatic carbocycles. The highest BCUT2D eigenvalue weighted by molar-refractivity contribution is 8.00. The highest BCUT2D eigenvalue weighted by atomic mass is 32.2. The van der Waals surface area contributed by atoms with E-state index >= 15 is 0 Å². The first-order valence-corrected chi connectivity index (χ1v) is 9.33. The predicted octanol–water partition coefficient (Wildman–Crippen LogP) is 3.37. The molecule has 1 aromatic heterocycles. The van der Waals surface area contributed by atoms with E-state index in [0.29, 0.717) is 22.6 Å². The van der Waals surface area contributed by atoms with Crippen molar-refractivity contribution in [3.63, 3.8) is 0 Å². The zero-order valence-corrected chi connectivity index (χ0v) is 15.5. The van der Waals surface area contributed by atoms with Crippen LogP contribution in [0.2, 0.25) is 0 Å². The van der Waals surface area contributed by atoms with Gasteiger partial charge in [0.15, 0.2) is 5.16 Å². The fraction of sp³-hybridized carbons (Fsp3) is 0.500. The number of aromatic nitrogens is 2. The van der Waals surface area contributed by atoms with E-state index in [9.17, 15) is 9.59 Å². The lowest BCUT2D eigenvalue weighted by molar-refractivity contribution is -0.120. The molecule has 1 N–H and O–H groups in total. The van der Waals surface area contributed by atoms with Crippen LogP contribution < -0.4 is 10.9 Å². The van der Waals surface area contributed by atoms with Gasteiger partial charge in [0.2, 0.25) is 5.91 Å². The molecule has 0 aliphatic heterocycles. The molecule has 5 nitrogen and oxygen atoms in total. The number of fused-ring (bicyclic) bond motifs is 1. The Kier molecular flexibility index (Phi) is 6.43. The van der Waals surface area contributed by atoms with Crippen LogP contribution in [0.15, 0.2) is 34.2 Å². The number of hydrogen-bond acceptors (Lipinski definition) is 4. The molecule has 24 heavy (non-hydrogen) atoms. The number of rotatable bonds is 7. The number of carbonyl (C=O) groups is 1. The van der Waals surface area contributed by atoms with Crippen LogP contribution in [0.5, 0.6) is 0 Å². The van der Waals surface area contributed by atoms with Crippen molar-refractivity contribution in [3.8, 4) is 0 Å². The van der Waals surface area contributed by atoms with Crippen LogP contribution in [-0.2, 0) is 4.79 Å². The topological polar surface area (TPSA) is 64.0 Å². The normalized spacial score (nSPS) is 13.7. The molecule has 130 valence electrons. The van der Waals surface area contributed by atoms with Crippen molar-refractivity contribution < 1.29 is 4.79 Å². The minimum absolute atomic E-state index is 0.0278. The van der Waals surface area contributed by atoms with Gasteiger partial charge in [0.25, 0.3) is 5.56 Å². The average molecular weight is 347 g/mol. The quantitative estimate of drug-likeness (QED) is 0.616. The minimum atomic E-state index is -0.306. The van der Waals surface area contributed by atoms with Gasteiger partial charge in [0, 0.05) is 12.6 Å². The molecule has 2 rings (SSSR count). The number of nitrogens with one attached hydrogen (secondary N) is 1. The molecular formula is C18H25N3O2S. The lowest BCUT2D eigenvalue weighted by Crippen LogP contribution is -2.33. The summed E-state index contributed by atoms with van der Waals surface area (Å²) >= 11 is 1.34. The molecule has 1 amide bonds. The Balaban J connectivity index is 2.44. The molecule has 2 aromatic rings. The molecular weight excluding hydrogens is 322 g/mol.